The van der Waals surface area contributed by atoms with Gasteiger partial charge >= 0.3 is 26.2 Å². The van der Waals surface area contributed by atoms with Crippen LogP contribution in [-0.4, -0.2) is 0 Å². The Morgan fingerprint density at radius 1 is 0.581 bits per heavy atom. The van der Waals surface area contributed by atoms with E-state index in [4.69, 9.17) is 8.83 Å². The molecule has 0 unspecified atom stereocenters. The number of fused-ring (bicyclic) bond motifs is 2. The molecule has 224 valence electrons. The molecular formula is C38H42Cl2O2Zr. The molecule has 5 heteroatoms. The Bertz CT molecular complexity index is 1570. The molecule has 6 rings (SSSR count). The van der Waals surface area contributed by atoms with E-state index >= 15 is 0 Å². The molecule has 2 nitrogen and oxygen atoms in total. The van der Waals surface area contributed by atoms with E-state index in [1.165, 1.54) is 43.8 Å². The number of hydrogen-bond donors (Lipinski definition) is 0. The van der Waals surface area contributed by atoms with Gasteiger partial charge in [0.15, 0.2) is 0 Å². The quantitative estimate of drug-likeness (QED) is 0.189. The van der Waals surface area contributed by atoms with Crippen molar-refractivity contribution in [1.82, 2.24) is 0 Å². The van der Waals surface area contributed by atoms with Crippen molar-refractivity contribution in [2.75, 3.05) is 0 Å². The predicted octanol–water partition coefficient (Wildman–Crippen LogP) is 5.79. The van der Waals surface area contributed by atoms with Gasteiger partial charge in [-0.2, -0.15) is 0 Å². The smallest absolute Gasteiger partial charge is 1.00 e. The standard InChI is InChI=1S/2C19H21O.2ClH.Zr/c2*1-4-6-16-9-10-19(20-16)15-11-14-7-5-8-17(13(2)3)18(14)12-15;;;/h2*5,7-13H,4,6H2,1-3H3;2*1H;/q2*-1;;;+4/p-2. The fourth-order valence-corrected chi connectivity index (χ4v) is 5.64. The number of rotatable bonds is 8. The molecule has 0 aliphatic heterocycles. The maximum Gasteiger partial charge on any atom is 4.00 e. The van der Waals surface area contributed by atoms with Crippen molar-refractivity contribution in [3.05, 3.63) is 108 Å². The zero-order chi connectivity index (χ0) is 28.2. The summed E-state index contributed by atoms with van der Waals surface area (Å²) in [4.78, 5) is 0. The first kappa shape index (κ1) is 36.9. The largest absolute Gasteiger partial charge is 4.00 e. The summed E-state index contributed by atoms with van der Waals surface area (Å²) in [5.74, 6) is 5.22. The Kier molecular flexibility index (Phi) is 14.3. The topological polar surface area (TPSA) is 26.3 Å². The van der Waals surface area contributed by atoms with E-state index in [0.717, 1.165) is 48.7 Å². The molecule has 6 aromatic rings. The average molecular weight is 693 g/mol. The molecule has 2 heterocycles. The summed E-state index contributed by atoms with van der Waals surface area (Å²) in [6.45, 7) is 13.3. The van der Waals surface area contributed by atoms with Crippen molar-refractivity contribution in [2.45, 2.75) is 79.1 Å². The van der Waals surface area contributed by atoms with Crippen molar-refractivity contribution in [3.63, 3.8) is 0 Å². The molecule has 0 fully saturated rings. The van der Waals surface area contributed by atoms with Gasteiger partial charge in [0, 0.05) is 12.8 Å². The Morgan fingerprint density at radius 3 is 1.33 bits per heavy atom. The zero-order valence-corrected chi connectivity index (χ0v) is 30.1. The van der Waals surface area contributed by atoms with Crippen LogP contribution in [0.4, 0.5) is 0 Å². The van der Waals surface area contributed by atoms with Gasteiger partial charge in [-0.25, -0.2) is 0 Å². The number of benzene rings is 2. The van der Waals surface area contributed by atoms with E-state index in [-0.39, 0.29) is 51.0 Å². The normalized spacial score (nSPS) is 10.8. The molecule has 4 aromatic carbocycles. The number of furan rings is 2. The van der Waals surface area contributed by atoms with Crippen LogP contribution in [0.1, 0.15) is 88.9 Å². The first-order valence-electron chi connectivity index (χ1n) is 14.9. The SMILES string of the molecule is CCCc1ccc(-c2cc3c(C(C)C)cccc3[cH-]2)o1.CCCc1ccc(-c2cc3c(C(C)C)cccc3[cH-]2)o1.[Cl-].[Cl-].[Zr+4]. The van der Waals surface area contributed by atoms with Crippen LogP contribution in [0.15, 0.2) is 93.8 Å². The molecule has 0 bridgehead atoms. The van der Waals surface area contributed by atoms with E-state index in [0.29, 0.717) is 11.8 Å². The molecule has 0 radical (unpaired) electrons. The van der Waals surface area contributed by atoms with Crippen molar-refractivity contribution in [1.29, 1.82) is 0 Å². The van der Waals surface area contributed by atoms with E-state index in [9.17, 15) is 0 Å². The minimum Gasteiger partial charge on any atom is -1.00 e. The summed E-state index contributed by atoms with van der Waals surface area (Å²) in [5, 5.41) is 5.32. The van der Waals surface area contributed by atoms with Crippen LogP contribution in [-0.2, 0) is 39.0 Å². The summed E-state index contributed by atoms with van der Waals surface area (Å²) in [6, 6.07) is 30.5. The van der Waals surface area contributed by atoms with Crippen molar-refractivity contribution in [3.8, 4) is 22.6 Å². The predicted molar refractivity (Wildman–Crippen MR) is 171 cm³/mol. The summed E-state index contributed by atoms with van der Waals surface area (Å²) in [7, 11) is 0. The second-order valence-corrected chi connectivity index (χ2v) is 11.5. The van der Waals surface area contributed by atoms with Gasteiger partial charge in [-0.3, -0.25) is 0 Å². The molecule has 0 spiro atoms. The Labute approximate surface area is 288 Å². The average Bonchev–Trinajstić information content (AvgIpc) is 3.73. The molecule has 0 aliphatic rings. The van der Waals surface area contributed by atoms with Crippen molar-refractivity contribution in [2.24, 2.45) is 0 Å². The first-order chi connectivity index (χ1) is 19.4. The molecule has 0 aliphatic carbocycles. The number of aryl methyl sites for hydroxylation is 2. The van der Waals surface area contributed by atoms with Gasteiger partial charge in [0.1, 0.15) is 0 Å². The van der Waals surface area contributed by atoms with Crippen molar-refractivity contribution >= 4 is 21.5 Å². The van der Waals surface area contributed by atoms with Gasteiger partial charge in [-0.15, -0.1) is 57.9 Å². The second-order valence-electron chi connectivity index (χ2n) is 11.5. The third-order valence-electron chi connectivity index (χ3n) is 7.70. The number of halogens is 2. The van der Waals surface area contributed by atoms with E-state index in [1.807, 2.05) is 0 Å². The molecule has 43 heavy (non-hydrogen) atoms. The monoisotopic (exact) mass is 690 g/mol. The Balaban J connectivity index is 0.000000281. The van der Waals surface area contributed by atoms with Gasteiger partial charge in [0.05, 0.1) is 23.0 Å². The van der Waals surface area contributed by atoms with Gasteiger partial charge in [-0.05, 0) is 48.9 Å². The van der Waals surface area contributed by atoms with Gasteiger partial charge in [-0.1, -0.05) is 88.1 Å². The van der Waals surface area contributed by atoms with Crippen LogP contribution < -0.4 is 24.8 Å². The fourth-order valence-electron chi connectivity index (χ4n) is 5.64. The maximum absolute atomic E-state index is 5.94. The third-order valence-corrected chi connectivity index (χ3v) is 7.70. The van der Waals surface area contributed by atoms with Crippen molar-refractivity contribution < 1.29 is 59.9 Å². The van der Waals surface area contributed by atoms with E-state index < -0.39 is 0 Å². The van der Waals surface area contributed by atoms with Crippen LogP contribution in [0.25, 0.3) is 44.2 Å². The van der Waals surface area contributed by atoms with Crippen LogP contribution in [0.3, 0.4) is 0 Å². The maximum atomic E-state index is 5.94. The fraction of sp³-hybridized carbons (Fsp3) is 0.316. The van der Waals surface area contributed by atoms with Gasteiger partial charge in [0.2, 0.25) is 0 Å². The van der Waals surface area contributed by atoms with Crippen LogP contribution in [0, 0.1) is 0 Å². The van der Waals surface area contributed by atoms with E-state index in [1.54, 1.807) is 0 Å². The van der Waals surface area contributed by atoms with Crippen LogP contribution in [0.5, 0.6) is 0 Å². The minimum absolute atomic E-state index is 0. The molecule has 0 amide bonds. The Hall–Kier alpha value is -2.32. The number of hydrogen-bond acceptors (Lipinski definition) is 2. The molecule has 0 saturated carbocycles. The molecule has 0 atom stereocenters. The zero-order valence-electron chi connectivity index (χ0n) is 26.1. The minimum atomic E-state index is 0. The summed E-state index contributed by atoms with van der Waals surface area (Å²) in [6.07, 6.45) is 4.26. The first-order valence-corrected chi connectivity index (χ1v) is 14.9. The second kappa shape index (κ2) is 16.7. The van der Waals surface area contributed by atoms with Gasteiger partial charge in [0.25, 0.3) is 0 Å². The molecule has 0 N–H and O–H groups in total. The van der Waals surface area contributed by atoms with Crippen LogP contribution >= 0.6 is 0 Å². The third kappa shape index (κ3) is 8.45. The summed E-state index contributed by atoms with van der Waals surface area (Å²) in [5.41, 5.74) is 5.20. The molecular weight excluding hydrogens is 651 g/mol. The van der Waals surface area contributed by atoms with Gasteiger partial charge < -0.3 is 33.6 Å². The van der Waals surface area contributed by atoms with E-state index in [2.05, 4.69) is 126 Å². The Morgan fingerprint density at radius 2 is 0.977 bits per heavy atom. The molecule has 0 saturated heterocycles. The van der Waals surface area contributed by atoms with Crippen LogP contribution in [0.2, 0.25) is 0 Å². The molecule has 2 aromatic heterocycles. The summed E-state index contributed by atoms with van der Waals surface area (Å²) >= 11 is 0. The summed E-state index contributed by atoms with van der Waals surface area (Å²) < 4.78 is 11.9.